The molecule has 3 rings (SSSR count). The molecule has 7 nitrogen and oxygen atoms in total. The molecule has 0 aliphatic heterocycles. The Hall–Kier alpha value is -3.87. The third-order valence-electron chi connectivity index (χ3n) is 3.86. The van der Waals surface area contributed by atoms with Crippen molar-refractivity contribution in [2.24, 2.45) is 0 Å². The van der Waals surface area contributed by atoms with Gasteiger partial charge in [-0.05, 0) is 18.6 Å². The Kier molecular flexibility index (Phi) is 5.86. The van der Waals surface area contributed by atoms with E-state index in [2.05, 4.69) is 9.97 Å². The van der Waals surface area contributed by atoms with Gasteiger partial charge in [0.15, 0.2) is 5.82 Å². The molecule has 0 spiro atoms. The summed E-state index contributed by atoms with van der Waals surface area (Å²) < 4.78 is 5.07. The fraction of sp³-hybridized carbons (Fsp3) is 0.0952. The molecule has 0 saturated carbocycles. The van der Waals surface area contributed by atoms with Gasteiger partial charge in [0.25, 0.3) is 5.69 Å². The van der Waals surface area contributed by atoms with Crippen LogP contribution in [0.1, 0.15) is 28.5 Å². The molecule has 0 aliphatic carbocycles. The van der Waals surface area contributed by atoms with Crippen LogP contribution < -0.4 is 0 Å². The van der Waals surface area contributed by atoms with Gasteiger partial charge in [-0.1, -0.05) is 48.5 Å². The minimum Gasteiger partial charge on any atom is -0.462 e. The van der Waals surface area contributed by atoms with E-state index in [-0.39, 0.29) is 17.9 Å². The van der Waals surface area contributed by atoms with Gasteiger partial charge in [0, 0.05) is 23.9 Å². The predicted octanol–water partition coefficient (Wildman–Crippen LogP) is 4.40. The minimum absolute atomic E-state index is 0.0135. The predicted molar refractivity (Wildman–Crippen MR) is 105 cm³/mol. The number of hydrogen-bond acceptors (Lipinski definition) is 6. The Labute approximate surface area is 161 Å². The molecule has 1 heterocycles. The van der Waals surface area contributed by atoms with E-state index in [0.29, 0.717) is 17.1 Å². The fourth-order valence-corrected chi connectivity index (χ4v) is 2.53. The summed E-state index contributed by atoms with van der Waals surface area (Å²) in [6.45, 7) is 1.95. The standard InChI is InChI=1S/C21H17N3O4/c1-2-28-21(25)18-14-22-20(16-8-4-3-5-9-16)23-19(18)12-11-15-7-6-10-17(13-15)24(26)27/h3-14H,2H2,1H3/b12-11+. The topological polar surface area (TPSA) is 95.2 Å². The van der Waals surface area contributed by atoms with Crippen LogP contribution in [0.5, 0.6) is 0 Å². The number of benzene rings is 2. The first-order valence-corrected chi connectivity index (χ1v) is 8.60. The summed E-state index contributed by atoms with van der Waals surface area (Å²) in [4.78, 5) is 31.5. The summed E-state index contributed by atoms with van der Waals surface area (Å²) in [5, 5.41) is 10.9. The number of nitrogens with zero attached hydrogens (tertiary/aromatic N) is 3. The largest absolute Gasteiger partial charge is 0.462 e. The molecule has 28 heavy (non-hydrogen) atoms. The van der Waals surface area contributed by atoms with Crippen molar-refractivity contribution in [2.45, 2.75) is 6.92 Å². The fourth-order valence-electron chi connectivity index (χ4n) is 2.53. The Bertz CT molecular complexity index is 1030. The van der Waals surface area contributed by atoms with Crippen molar-refractivity contribution in [3.63, 3.8) is 0 Å². The summed E-state index contributed by atoms with van der Waals surface area (Å²) in [7, 11) is 0. The highest BCUT2D eigenvalue weighted by molar-refractivity contribution is 5.94. The Morgan fingerprint density at radius 2 is 1.93 bits per heavy atom. The van der Waals surface area contributed by atoms with Crippen LogP contribution in [0.4, 0.5) is 5.69 Å². The lowest BCUT2D eigenvalue weighted by atomic mass is 10.1. The van der Waals surface area contributed by atoms with E-state index in [1.807, 2.05) is 30.3 Å². The Morgan fingerprint density at radius 1 is 1.14 bits per heavy atom. The van der Waals surface area contributed by atoms with Crippen LogP contribution in [-0.2, 0) is 4.74 Å². The second-order valence-electron chi connectivity index (χ2n) is 5.76. The number of nitro groups is 1. The molecular weight excluding hydrogens is 358 g/mol. The van der Waals surface area contributed by atoms with Gasteiger partial charge < -0.3 is 4.74 Å². The number of hydrogen-bond donors (Lipinski definition) is 0. The van der Waals surface area contributed by atoms with E-state index in [1.54, 1.807) is 31.2 Å². The monoisotopic (exact) mass is 375 g/mol. The Balaban J connectivity index is 2.02. The molecule has 0 N–H and O–H groups in total. The molecule has 3 aromatic rings. The molecule has 0 atom stereocenters. The van der Waals surface area contributed by atoms with Gasteiger partial charge in [0.05, 0.1) is 17.2 Å². The summed E-state index contributed by atoms with van der Waals surface area (Å²) >= 11 is 0. The SMILES string of the molecule is CCOC(=O)c1cnc(-c2ccccc2)nc1/C=C/c1cccc([N+](=O)[O-])c1. The van der Waals surface area contributed by atoms with Gasteiger partial charge in [-0.2, -0.15) is 0 Å². The molecule has 0 fully saturated rings. The van der Waals surface area contributed by atoms with Crippen LogP contribution in [-0.4, -0.2) is 27.5 Å². The van der Waals surface area contributed by atoms with Gasteiger partial charge in [0.1, 0.15) is 5.56 Å². The lowest BCUT2D eigenvalue weighted by Gasteiger charge is -2.07. The van der Waals surface area contributed by atoms with E-state index in [0.717, 1.165) is 5.56 Å². The molecule has 0 amide bonds. The molecule has 0 bridgehead atoms. The molecule has 0 saturated heterocycles. The van der Waals surface area contributed by atoms with Gasteiger partial charge in [-0.25, -0.2) is 14.8 Å². The van der Waals surface area contributed by atoms with Crippen molar-refractivity contribution in [1.29, 1.82) is 0 Å². The first-order valence-electron chi connectivity index (χ1n) is 8.60. The van der Waals surface area contributed by atoms with Crippen molar-refractivity contribution >= 4 is 23.8 Å². The molecule has 1 aromatic heterocycles. The number of carbonyl (C=O) groups is 1. The number of ether oxygens (including phenoxy) is 1. The van der Waals surface area contributed by atoms with Gasteiger partial charge in [-0.3, -0.25) is 10.1 Å². The third-order valence-corrected chi connectivity index (χ3v) is 3.86. The maximum absolute atomic E-state index is 12.2. The summed E-state index contributed by atoms with van der Waals surface area (Å²) in [5.74, 6) is -0.0619. The number of carbonyl (C=O) groups excluding carboxylic acids is 1. The Morgan fingerprint density at radius 3 is 2.64 bits per heavy atom. The minimum atomic E-state index is -0.527. The second-order valence-corrected chi connectivity index (χ2v) is 5.76. The zero-order valence-electron chi connectivity index (χ0n) is 15.1. The number of nitro benzene ring substituents is 1. The summed E-state index contributed by atoms with van der Waals surface area (Å²) in [6, 6.07) is 15.6. The molecule has 0 unspecified atom stereocenters. The van der Waals surface area contributed by atoms with Gasteiger partial charge >= 0.3 is 5.97 Å². The number of rotatable bonds is 6. The normalized spacial score (nSPS) is 10.8. The first kappa shape index (κ1) is 18.9. The van der Waals surface area contributed by atoms with Crippen LogP contribution >= 0.6 is 0 Å². The zero-order chi connectivity index (χ0) is 19.9. The highest BCUT2D eigenvalue weighted by Gasteiger charge is 2.15. The number of non-ortho nitro benzene ring substituents is 1. The quantitative estimate of drug-likeness (QED) is 0.360. The second kappa shape index (κ2) is 8.68. The molecule has 2 aromatic carbocycles. The zero-order valence-corrected chi connectivity index (χ0v) is 15.1. The van der Waals surface area contributed by atoms with E-state index < -0.39 is 10.9 Å². The van der Waals surface area contributed by atoms with Crippen molar-refractivity contribution in [1.82, 2.24) is 9.97 Å². The maximum Gasteiger partial charge on any atom is 0.341 e. The van der Waals surface area contributed by atoms with Crippen molar-refractivity contribution < 1.29 is 14.5 Å². The highest BCUT2D eigenvalue weighted by atomic mass is 16.6. The lowest BCUT2D eigenvalue weighted by Crippen LogP contribution is -2.09. The molecule has 0 radical (unpaired) electrons. The average molecular weight is 375 g/mol. The van der Waals surface area contributed by atoms with Crippen LogP contribution in [0.25, 0.3) is 23.5 Å². The third kappa shape index (κ3) is 4.45. The smallest absolute Gasteiger partial charge is 0.341 e. The molecule has 140 valence electrons. The number of aromatic nitrogens is 2. The van der Waals surface area contributed by atoms with Crippen molar-refractivity contribution in [3.8, 4) is 11.4 Å². The van der Waals surface area contributed by atoms with Crippen LogP contribution in [0.15, 0.2) is 60.8 Å². The van der Waals surface area contributed by atoms with E-state index in [1.165, 1.54) is 18.3 Å². The van der Waals surface area contributed by atoms with Crippen LogP contribution in [0, 0.1) is 10.1 Å². The molecular formula is C21H17N3O4. The van der Waals surface area contributed by atoms with Crippen LogP contribution in [0.3, 0.4) is 0 Å². The molecule has 7 heteroatoms. The summed E-state index contributed by atoms with van der Waals surface area (Å²) in [5.41, 5.74) is 2.01. The van der Waals surface area contributed by atoms with E-state index >= 15 is 0 Å². The lowest BCUT2D eigenvalue weighted by molar-refractivity contribution is -0.384. The van der Waals surface area contributed by atoms with E-state index in [9.17, 15) is 14.9 Å². The van der Waals surface area contributed by atoms with E-state index in [4.69, 9.17) is 4.74 Å². The maximum atomic E-state index is 12.2. The highest BCUT2D eigenvalue weighted by Crippen LogP contribution is 2.20. The van der Waals surface area contributed by atoms with Gasteiger partial charge in [0.2, 0.25) is 0 Å². The number of esters is 1. The molecule has 0 aliphatic rings. The van der Waals surface area contributed by atoms with Gasteiger partial charge in [-0.15, -0.1) is 0 Å². The summed E-state index contributed by atoms with van der Waals surface area (Å²) in [6.07, 6.45) is 4.71. The van der Waals surface area contributed by atoms with Crippen molar-refractivity contribution in [2.75, 3.05) is 6.61 Å². The van der Waals surface area contributed by atoms with Crippen molar-refractivity contribution in [3.05, 3.63) is 87.7 Å². The van der Waals surface area contributed by atoms with Crippen LogP contribution in [0.2, 0.25) is 0 Å². The average Bonchev–Trinajstić information content (AvgIpc) is 2.73. The first-order chi connectivity index (χ1) is 13.6.